The number of nitrogens with zero attached hydrogens (tertiary/aromatic N) is 2. The zero-order valence-electron chi connectivity index (χ0n) is 11.5. The van der Waals surface area contributed by atoms with Crippen LogP contribution in [0.4, 0.5) is 5.69 Å². The Kier molecular flexibility index (Phi) is 3.30. The third-order valence-corrected chi connectivity index (χ3v) is 3.14. The van der Waals surface area contributed by atoms with E-state index in [4.69, 9.17) is 9.15 Å². The van der Waals surface area contributed by atoms with E-state index in [1.807, 2.05) is 0 Å². The summed E-state index contributed by atoms with van der Waals surface area (Å²) in [6.07, 6.45) is 0. The van der Waals surface area contributed by atoms with Crippen LogP contribution in [0.2, 0.25) is 0 Å². The maximum Gasteiger partial charge on any atom is 0.338 e. The van der Waals surface area contributed by atoms with Crippen LogP contribution in [0.15, 0.2) is 46.9 Å². The number of carbonyl (C=O) groups is 1. The standard InChI is InChI=1S/C15H10N2O5/c1-21-15(18)11-5-3-2-4-10(11)14-16-12-8-9(17(19)20)6-7-13(12)22-14/h2-8H,1H3. The van der Waals surface area contributed by atoms with Crippen molar-refractivity contribution in [3.8, 4) is 11.5 Å². The van der Waals surface area contributed by atoms with Crippen LogP contribution in [0.5, 0.6) is 0 Å². The molecular weight excluding hydrogens is 288 g/mol. The van der Waals surface area contributed by atoms with E-state index in [1.54, 1.807) is 24.3 Å². The highest BCUT2D eigenvalue weighted by Gasteiger charge is 2.18. The molecule has 0 unspecified atom stereocenters. The normalized spacial score (nSPS) is 10.6. The van der Waals surface area contributed by atoms with Crippen molar-refractivity contribution in [2.45, 2.75) is 0 Å². The molecule has 0 aliphatic heterocycles. The molecule has 22 heavy (non-hydrogen) atoms. The van der Waals surface area contributed by atoms with E-state index < -0.39 is 10.9 Å². The number of aromatic nitrogens is 1. The van der Waals surface area contributed by atoms with Crippen molar-refractivity contribution in [3.05, 3.63) is 58.1 Å². The van der Waals surface area contributed by atoms with Crippen molar-refractivity contribution < 1.29 is 18.9 Å². The van der Waals surface area contributed by atoms with Gasteiger partial charge in [0.05, 0.1) is 23.2 Å². The first-order chi connectivity index (χ1) is 10.6. The van der Waals surface area contributed by atoms with Gasteiger partial charge in [-0.15, -0.1) is 0 Å². The first-order valence-corrected chi connectivity index (χ1v) is 6.33. The molecule has 0 aliphatic rings. The molecule has 3 aromatic rings. The number of benzene rings is 2. The first-order valence-electron chi connectivity index (χ1n) is 6.33. The van der Waals surface area contributed by atoms with Gasteiger partial charge in [0.1, 0.15) is 5.52 Å². The zero-order chi connectivity index (χ0) is 15.7. The highest BCUT2D eigenvalue weighted by molar-refractivity contribution is 5.96. The molecule has 0 bridgehead atoms. The summed E-state index contributed by atoms with van der Waals surface area (Å²) in [5, 5.41) is 10.8. The number of nitro benzene ring substituents is 1. The highest BCUT2D eigenvalue weighted by Crippen LogP contribution is 2.29. The van der Waals surface area contributed by atoms with Crippen LogP contribution in [0.3, 0.4) is 0 Å². The smallest absolute Gasteiger partial charge is 0.338 e. The number of methoxy groups -OCH3 is 1. The maximum absolute atomic E-state index is 11.8. The number of fused-ring (bicyclic) bond motifs is 1. The molecule has 0 spiro atoms. The van der Waals surface area contributed by atoms with Crippen molar-refractivity contribution in [1.82, 2.24) is 4.98 Å². The van der Waals surface area contributed by atoms with Crippen molar-refractivity contribution in [2.75, 3.05) is 7.11 Å². The van der Waals surface area contributed by atoms with Crippen LogP contribution < -0.4 is 0 Å². The van der Waals surface area contributed by atoms with Gasteiger partial charge in [-0.1, -0.05) is 12.1 Å². The van der Waals surface area contributed by atoms with Crippen molar-refractivity contribution in [1.29, 1.82) is 0 Å². The van der Waals surface area contributed by atoms with Gasteiger partial charge in [-0.2, -0.15) is 0 Å². The van der Waals surface area contributed by atoms with Gasteiger partial charge in [0.15, 0.2) is 5.58 Å². The fourth-order valence-electron chi connectivity index (χ4n) is 2.10. The predicted octanol–water partition coefficient (Wildman–Crippen LogP) is 3.19. The third kappa shape index (κ3) is 2.28. The van der Waals surface area contributed by atoms with Gasteiger partial charge in [-0.3, -0.25) is 10.1 Å². The van der Waals surface area contributed by atoms with Gasteiger partial charge in [-0.25, -0.2) is 9.78 Å². The molecular formula is C15H10N2O5. The fourth-order valence-corrected chi connectivity index (χ4v) is 2.10. The molecule has 0 fully saturated rings. The monoisotopic (exact) mass is 298 g/mol. The lowest BCUT2D eigenvalue weighted by Gasteiger charge is -2.03. The van der Waals surface area contributed by atoms with E-state index in [9.17, 15) is 14.9 Å². The van der Waals surface area contributed by atoms with Gasteiger partial charge in [0, 0.05) is 12.1 Å². The van der Waals surface area contributed by atoms with Gasteiger partial charge in [0.2, 0.25) is 5.89 Å². The van der Waals surface area contributed by atoms with Crippen molar-refractivity contribution in [2.24, 2.45) is 0 Å². The Morgan fingerprint density at radius 1 is 1.27 bits per heavy atom. The topological polar surface area (TPSA) is 95.5 Å². The number of non-ortho nitro benzene ring substituents is 1. The van der Waals surface area contributed by atoms with Crippen LogP contribution in [0.25, 0.3) is 22.6 Å². The van der Waals surface area contributed by atoms with Crippen LogP contribution in [0.1, 0.15) is 10.4 Å². The molecule has 0 saturated carbocycles. The molecule has 0 saturated heterocycles. The summed E-state index contributed by atoms with van der Waals surface area (Å²) in [4.78, 5) is 26.3. The number of oxazole rings is 1. The molecule has 0 amide bonds. The van der Waals surface area contributed by atoms with Crippen molar-refractivity contribution in [3.63, 3.8) is 0 Å². The lowest BCUT2D eigenvalue weighted by atomic mass is 10.1. The zero-order valence-corrected chi connectivity index (χ0v) is 11.5. The van der Waals surface area contributed by atoms with Gasteiger partial charge >= 0.3 is 5.97 Å². The molecule has 7 heteroatoms. The summed E-state index contributed by atoms with van der Waals surface area (Å²) in [5.74, 6) is -0.305. The summed E-state index contributed by atoms with van der Waals surface area (Å²) in [5.41, 5.74) is 1.46. The lowest BCUT2D eigenvalue weighted by Crippen LogP contribution is -2.03. The molecule has 2 aromatic carbocycles. The molecule has 7 nitrogen and oxygen atoms in total. The summed E-state index contributed by atoms with van der Waals surface area (Å²) in [6, 6.07) is 10.8. The molecule has 0 atom stereocenters. The van der Waals surface area contributed by atoms with Crippen LogP contribution in [-0.4, -0.2) is 23.0 Å². The molecule has 1 heterocycles. The number of nitro groups is 1. The van der Waals surface area contributed by atoms with E-state index in [-0.39, 0.29) is 11.6 Å². The lowest BCUT2D eigenvalue weighted by molar-refractivity contribution is -0.384. The molecule has 0 radical (unpaired) electrons. The molecule has 1 aromatic heterocycles. The Morgan fingerprint density at radius 2 is 2.05 bits per heavy atom. The molecule has 0 N–H and O–H groups in total. The first kappa shape index (κ1) is 13.7. The van der Waals surface area contributed by atoms with Crippen LogP contribution in [-0.2, 0) is 4.74 Å². The van der Waals surface area contributed by atoms with Gasteiger partial charge in [0.25, 0.3) is 5.69 Å². The predicted molar refractivity (Wildman–Crippen MR) is 77.4 cm³/mol. The van der Waals surface area contributed by atoms with E-state index >= 15 is 0 Å². The fraction of sp³-hybridized carbons (Fsp3) is 0.0667. The Balaban J connectivity index is 2.15. The van der Waals surface area contributed by atoms with Crippen LogP contribution in [0, 0.1) is 10.1 Å². The average molecular weight is 298 g/mol. The quantitative estimate of drug-likeness (QED) is 0.418. The minimum Gasteiger partial charge on any atom is -0.465 e. The number of ether oxygens (including phenoxy) is 1. The van der Waals surface area contributed by atoms with E-state index in [2.05, 4.69) is 4.98 Å². The summed E-state index contributed by atoms with van der Waals surface area (Å²) in [6.45, 7) is 0. The largest absolute Gasteiger partial charge is 0.465 e. The SMILES string of the molecule is COC(=O)c1ccccc1-c1nc2cc([N+](=O)[O-])ccc2o1. The maximum atomic E-state index is 11.8. The number of carbonyl (C=O) groups excluding carboxylic acids is 1. The Morgan fingerprint density at radius 3 is 2.77 bits per heavy atom. The summed E-state index contributed by atoms with van der Waals surface area (Å²) < 4.78 is 10.3. The second-order valence-electron chi connectivity index (χ2n) is 4.47. The van der Waals surface area contributed by atoms with Crippen molar-refractivity contribution >= 4 is 22.8 Å². The van der Waals surface area contributed by atoms with E-state index in [1.165, 1.54) is 25.3 Å². The number of esters is 1. The average Bonchev–Trinajstić information content (AvgIpc) is 2.96. The van der Waals surface area contributed by atoms with Gasteiger partial charge < -0.3 is 9.15 Å². The molecule has 110 valence electrons. The molecule has 0 aliphatic carbocycles. The minimum absolute atomic E-state index is 0.0754. The van der Waals surface area contributed by atoms with Crippen LogP contribution >= 0.6 is 0 Å². The number of hydrogen-bond acceptors (Lipinski definition) is 6. The van der Waals surface area contributed by atoms with Gasteiger partial charge in [-0.05, 0) is 18.2 Å². The van der Waals surface area contributed by atoms with E-state index in [0.29, 0.717) is 22.2 Å². The minimum atomic E-state index is -0.510. The second-order valence-corrected chi connectivity index (χ2v) is 4.47. The Hall–Kier alpha value is -3.22. The second kappa shape index (κ2) is 5.28. The molecule has 3 rings (SSSR count). The third-order valence-electron chi connectivity index (χ3n) is 3.14. The summed E-state index contributed by atoms with van der Waals surface area (Å²) >= 11 is 0. The Labute approximate surface area is 124 Å². The Bertz CT molecular complexity index is 885. The van der Waals surface area contributed by atoms with E-state index in [0.717, 1.165) is 0 Å². The highest BCUT2D eigenvalue weighted by atomic mass is 16.6. The summed E-state index contributed by atoms with van der Waals surface area (Å²) in [7, 11) is 1.29. The number of rotatable bonds is 3. The number of hydrogen-bond donors (Lipinski definition) is 0.